The highest BCUT2D eigenvalue weighted by molar-refractivity contribution is 7.12. The summed E-state index contributed by atoms with van der Waals surface area (Å²) in [6, 6.07) is 12.8. The third-order valence-corrected chi connectivity index (χ3v) is 5.81. The molecule has 3 atom stereocenters. The van der Waals surface area contributed by atoms with Crippen LogP contribution in [0.4, 0.5) is 0 Å². The Labute approximate surface area is 158 Å². The molecule has 4 N–H and O–H groups in total. The molecule has 2 aromatic rings. The highest BCUT2D eigenvalue weighted by Gasteiger charge is 2.30. The van der Waals surface area contributed by atoms with Gasteiger partial charge < -0.3 is 16.4 Å². The van der Waals surface area contributed by atoms with Crippen LogP contribution < -0.4 is 16.4 Å². The fraction of sp³-hybridized carbons (Fsp3) is 0.400. The Morgan fingerprint density at radius 1 is 1.15 bits per heavy atom. The van der Waals surface area contributed by atoms with Gasteiger partial charge in [-0.15, -0.1) is 11.3 Å². The standard InChI is InChI=1S/C20H25N3O2S/c21-13-15-8-4-9-16(15)22-19(24)17(12-14-6-2-1-3-7-14)23-20(25)18-10-5-11-26-18/h1-3,5-7,10-11,15-17H,4,8-9,12-13,21H2,(H,22,24)(H,23,25). The number of amides is 2. The second-order valence-corrected chi connectivity index (χ2v) is 7.68. The minimum atomic E-state index is -0.606. The van der Waals surface area contributed by atoms with Crippen LogP contribution in [-0.2, 0) is 11.2 Å². The summed E-state index contributed by atoms with van der Waals surface area (Å²) in [4.78, 5) is 26.0. The van der Waals surface area contributed by atoms with Crippen molar-refractivity contribution in [3.63, 3.8) is 0 Å². The van der Waals surface area contributed by atoms with E-state index in [2.05, 4.69) is 10.6 Å². The van der Waals surface area contributed by atoms with Crippen LogP contribution in [0, 0.1) is 5.92 Å². The predicted octanol–water partition coefficient (Wildman–Crippen LogP) is 2.33. The molecular formula is C20H25N3O2S. The first kappa shape index (κ1) is 18.6. The van der Waals surface area contributed by atoms with Crippen molar-refractivity contribution in [1.29, 1.82) is 0 Å². The van der Waals surface area contributed by atoms with Crippen LogP contribution in [-0.4, -0.2) is 30.4 Å². The number of nitrogens with one attached hydrogen (secondary N) is 2. The van der Waals surface area contributed by atoms with Gasteiger partial charge in [0, 0.05) is 12.5 Å². The van der Waals surface area contributed by atoms with Gasteiger partial charge in [0.15, 0.2) is 0 Å². The average Bonchev–Trinajstić information content (AvgIpc) is 3.33. The molecule has 1 aromatic heterocycles. The van der Waals surface area contributed by atoms with E-state index < -0.39 is 6.04 Å². The molecule has 0 spiro atoms. The van der Waals surface area contributed by atoms with Gasteiger partial charge in [0.25, 0.3) is 5.91 Å². The summed E-state index contributed by atoms with van der Waals surface area (Å²) in [6.45, 7) is 0.579. The van der Waals surface area contributed by atoms with Gasteiger partial charge in [-0.1, -0.05) is 42.8 Å². The molecule has 1 fully saturated rings. The van der Waals surface area contributed by atoms with E-state index in [0.29, 0.717) is 23.8 Å². The Morgan fingerprint density at radius 2 is 1.96 bits per heavy atom. The zero-order chi connectivity index (χ0) is 18.4. The molecule has 138 valence electrons. The van der Waals surface area contributed by atoms with Gasteiger partial charge >= 0.3 is 0 Å². The lowest BCUT2D eigenvalue weighted by Gasteiger charge is -2.24. The summed E-state index contributed by atoms with van der Waals surface area (Å²) in [5, 5.41) is 7.88. The summed E-state index contributed by atoms with van der Waals surface area (Å²) in [7, 11) is 0. The van der Waals surface area contributed by atoms with Gasteiger partial charge in [-0.3, -0.25) is 9.59 Å². The quantitative estimate of drug-likeness (QED) is 0.698. The Hall–Kier alpha value is -2.18. The van der Waals surface area contributed by atoms with E-state index in [-0.39, 0.29) is 17.9 Å². The van der Waals surface area contributed by atoms with Crippen molar-refractivity contribution in [3.8, 4) is 0 Å². The molecule has 5 nitrogen and oxygen atoms in total. The maximum absolute atomic E-state index is 12.9. The van der Waals surface area contributed by atoms with E-state index in [1.165, 1.54) is 11.3 Å². The molecule has 1 aliphatic rings. The van der Waals surface area contributed by atoms with Gasteiger partial charge in [0.2, 0.25) is 5.91 Å². The number of benzene rings is 1. The monoisotopic (exact) mass is 371 g/mol. The number of nitrogens with two attached hydrogens (primary N) is 1. The Kier molecular flexibility index (Phi) is 6.41. The van der Waals surface area contributed by atoms with Crippen LogP contribution >= 0.6 is 11.3 Å². The van der Waals surface area contributed by atoms with Crippen molar-refractivity contribution in [1.82, 2.24) is 10.6 Å². The maximum Gasteiger partial charge on any atom is 0.262 e. The minimum Gasteiger partial charge on any atom is -0.351 e. The first-order valence-corrected chi connectivity index (χ1v) is 9.94. The molecule has 3 rings (SSSR count). The molecule has 3 unspecified atom stereocenters. The fourth-order valence-electron chi connectivity index (χ4n) is 3.49. The lowest BCUT2D eigenvalue weighted by Crippen LogP contribution is -2.51. The molecule has 26 heavy (non-hydrogen) atoms. The van der Waals surface area contributed by atoms with Crippen LogP contribution in [0.25, 0.3) is 0 Å². The number of hydrogen-bond donors (Lipinski definition) is 3. The molecular weight excluding hydrogens is 346 g/mol. The number of thiophene rings is 1. The average molecular weight is 372 g/mol. The van der Waals surface area contributed by atoms with E-state index in [4.69, 9.17) is 5.73 Å². The molecule has 1 aromatic carbocycles. The molecule has 1 heterocycles. The summed E-state index contributed by atoms with van der Waals surface area (Å²) in [5.74, 6) is -0.0219. The van der Waals surface area contributed by atoms with E-state index in [0.717, 1.165) is 24.8 Å². The van der Waals surface area contributed by atoms with Crippen LogP contribution in [0.15, 0.2) is 47.8 Å². The first-order chi connectivity index (χ1) is 12.7. The van der Waals surface area contributed by atoms with Crippen molar-refractivity contribution in [3.05, 3.63) is 58.3 Å². The molecule has 0 aliphatic heterocycles. The zero-order valence-electron chi connectivity index (χ0n) is 14.7. The van der Waals surface area contributed by atoms with Crippen molar-refractivity contribution in [2.45, 2.75) is 37.8 Å². The summed E-state index contributed by atoms with van der Waals surface area (Å²) < 4.78 is 0. The lowest BCUT2D eigenvalue weighted by molar-refractivity contribution is -0.123. The highest BCUT2D eigenvalue weighted by Crippen LogP contribution is 2.24. The molecule has 0 bridgehead atoms. The minimum absolute atomic E-state index is 0.101. The van der Waals surface area contributed by atoms with E-state index >= 15 is 0 Å². The number of hydrogen-bond acceptors (Lipinski definition) is 4. The van der Waals surface area contributed by atoms with Gasteiger partial charge in [-0.25, -0.2) is 0 Å². The third kappa shape index (κ3) is 4.71. The number of rotatable bonds is 7. The molecule has 0 radical (unpaired) electrons. The summed E-state index contributed by atoms with van der Waals surface area (Å²) in [6.07, 6.45) is 3.54. The van der Waals surface area contributed by atoms with Crippen molar-refractivity contribution in [2.24, 2.45) is 11.7 Å². The van der Waals surface area contributed by atoms with Gasteiger partial charge in [-0.2, -0.15) is 0 Å². The SMILES string of the molecule is NCC1CCCC1NC(=O)C(Cc1ccccc1)NC(=O)c1cccs1. The molecule has 6 heteroatoms. The molecule has 0 saturated heterocycles. The summed E-state index contributed by atoms with van der Waals surface area (Å²) in [5.41, 5.74) is 6.84. The topological polar surface area (TPSA) is 84.2 Å². The van der Waals surface area contributed by atoms with Crippen molar-refractivity contribution >= 4 is 23.2 Å². The van der Waals surface area contributed by atoms with Crippen molar-refractivity contribution in [2.75, 3.05) is 6.54 Å². The van der Waals surface area contributed by atoms with Gasteiger partial charge in [-0.05, 0) is 42.3 Å². The zero-order valence-corrected chi connectivity index (χ0v) is 15.5. The second kappa shape index (κ2) is 8.96. The van der Waals surface area contributed by atoms with Crippen LogP contribution in [0.1, 0.15) is 34.5 Å². The Bertz CT molecular complexity index is 718. The number of carbonyl (C=O) groups is 2. The van der Waals surface area contributed by atoms with Crippen LogP contribution in [0.2, 0.25) is 0 Å². The van der Waals surface area contributed by atoms with Gasteiger partial charge in [0.1, 0.15) is 6.04 Å². The predicted molar refractivity (Wildman–Crippen MR) is 104 cm³/mol. The summed E-state index contributed by atoms with van der Waals surface area (Å²) >= 11 is 1.37. The van der Waals surface area contributed by atoms with Crippen molar-refractivity contribution < 1.29 is 9.59 Å². The van der Waals surface area contributed by atoms with E-state index in [1.807, 2.05) is 41.8 Å². The highest BCUT2D eigenvalue weighted by atomic mass is 32.1. The third-order valence-electron chi connectivity index (χ3n) is 4.94. The fourth-order valence-corrected chi connectivity index (χ4v) is 4.12. The smallest absolute Gasteiger partial charge is 0.262 e. The first-order valence-electron chi connectivity index (χ1n) is 9.06. The molecule has 1 saturated carbocycles. The normalized spacial score (nSPS) is 20.5. The van der Waals surface area contributed by atoms with E-state index in [9.17, 15) is 9.59 Å². The molecule has 1 aliphatic carbocycles. The van der Waals surface area contributed by atoms with Crippen LogP contribution in [0.3, 0.4) is 0 Å². The maximum atomic E-state index is 12.9. The molecule has 2 amide bonds. The second-order valence-electron chi connectivity index (χ2n) is 6.73. The Balaban J connectivity index is 1.71. The lowest BCUT2D eigenvalue weighted by atomic mass is 10.0. The number of carbonyl (C=O) groups excluding carboxylic acids is 2. The largest absolute Gasteiger partial charge is 0.351 e. The van der Waals surface area contributed by atoms with Crippen LogP contribution in [0.5, 0.6) is 0 Å². The van der Waals surface area contributed by atoms with E-state index in [1.54, 1.807) is 6.07 Å². The van der Waals surface area contributed by atoms with Gasteiger partial charge in [0.05, 0.1) is 4.88 Å². The Morgan fingerprint density at radius 3 is 2.65 bits per heavy atom.